The van der Waals surface area contributed by atoms with Crippen LogP contribution in [0.15, 0.2) is 12.2 Å². The molecule has 3 saturated carbocycles. The minimum atomic E-state index is -0.669. The average molecular weight is 326 g/mol. The highest BCUT2D eigenvalue weighted by Gasteiger charge is 2.64. The van der Waals surface area contributed by atoms with Gasteiger partial charge in [0.05, 0.1) is 0 Å². The monoisotopic (exact) mass is 326 g/mol. The van der Waals surface area contributed by atoms with Crippen molar-refractivity contribution >= 4 is 5.97 Å². The van der Waals surface area contributed by atoms with E-state index < -0.39 is 5.60 Å². The molecule has 24 heavy (non-hydrogen) atoms. The van der Waals surface area contributed by atoms with E-state index in [9.17, 15) is 4.79 Å². The van der Waals surface area contributed by atoms with E-state index >= 15 is 0 Å². The van der Waals surface area contributed by atoms with Crippen molar-refractivity contribution in [2.45, 2.75) is 70.8 Å². The molecule has 4 aliphatic rings. The van der Waals surface area contributed by atoms with Crippen molar-refractivity contribution in [1.29, 1.82) is 0 Å². The first-order chi connectivity index (χ1) is 11.5. The molecule has 3 fully saturated rings. The first kappa shape index (κ1) is 16.2. The van der Waals surface area contributed by atoms with E-state index in [4.69, 9.17) is 11.2 Å². The van der Waals surface area contributed by atoms with E-state index in [0.717, 1.165) is 42.9 Å². The first-order valence-electron chi connectivity index (χ1n) is 9.83. The Kier molecular flexibility index (Phi) is 3.83. The Morgan fingerprint density at radius 1 is 1.08 bits per heavy atom. The van der Waals surface area contributed by atoms with Gasteiger partial charge in [-0.2, -0.15) is 0 Å². The topological polar surface area (TPSA) is 26.3 Å². The molecule has 0 radical (unpaired) electrons. The summed E-state index contributed by atoms with van der Waals surface area (Å²) in [6, 6.07) is 0. The van der Waals surface area contributed by atoms with Crippen LogP contribution in [-0.4, -0.2) is 11.6 Å². The van der Waals surface area contributed by atoms with Crippen molar-refractivity contribution in [3.05, 3.63) is 12.2 Å². The van der Waals surface area contributed by atoms with Gasteiger partial charge in [0, 0.05) is 12.3 Å². The molecule has 130 valence electrons. The van der Waals surface area contributed by atoms with Crippen LogP contribution in [0.2, 0.25) is 0 Å². The first-order valence-corrected chi connectivity index (χ1v) is 9.83. The fraction of sp³-hybridized carbons (Fsp3) is 0.773. The third-order valence-electron chi connectivity index (χ3n) is 8.20. The molecule has 0 aromatic carbocycles. The highest BCUT2D eigenvalue weighted by Crippen LogP contribution is 2.65. The van der Waals surface area contributed by atoms with Gasteiger partial charge < -0.3 is 4.74 Å². The second kappa shape index (κ2) is 5.65. The molecule has 0 saturated heterocycles. The predicted molar refractivity (Wildman–Crippen MR) is 95.0 cm³/mol. The number of fused-ring (bicyclic) bond motifs is 5. The van der Waals surface area contributed by atoms with Crippen molar-refractivity contribution < 1.29 is 9.53 Å². The van der Waals surface area contributed by atoms with Crippen LogP contribution in [0, 0.1) is 47.3 Å². The number of hydrogen-bond donors (Lipinski definition) is 0. The Hall–Kier alpha value is -1.23. The summed E-state index contributed by atoms with van der Waals surface area (Å²) in [5.74, 6) is 6.78. The summed E-state index contributed by atoms with van der Waals surface area (Å²) in [6.45, 7) is 3.82. The Bertz CT molecular complexity index is 600. The number of terminal acetylenes is 1. The number of hydrogen-bond acceptors (Lipinski definition) is 2. The van der Waals surface area contributed by atoms with Crippen LogP contribution in [0.1, 0.15) is 65.2 Å². The fourth-order valence-corrected chi connectivity index (χ4v) is 7.10. The number of allylic oxidation sites excluding steroid dienone is 2. The van der Waals surface area contributed by atoms with E-state index in [0.29, 0.717) is 5.92 Å². The molecule has 0 aromatic heterocycles. The minimum Gasteiger partial charge on any atom is -0.445 e. The maximum Gasteiger partial charge on any atom is 0.304 e. The summed E-state index contributed by atoms with van der Waals surface area (Å²) < 4.78 is 5.82. The highest BCUT2D eigenvalue weighted by atomic mass is 16.6. The van der Waals surface area contributed by atoms with Crippen molar-refractivity contribution in [2.24, 2.45) is 35.0 Å². The molecule has 0 N–H and O–H groups in total. The predicted octanol–water partition coefficient (Wildman–Crippen LogP) is 4.74. The summed E-state index contributed by atoms with van der Waals surface area (Å²) in [6.07, 6.45) is 20.4. The van der Waals surface area contributed by atoms with E-state index in [1.807, 2.05) is 0 Å². The van der Waals surface area contributed by atoms with Crippen LogP contribution < -0.4 is 0 Å². The van der Waals surface area contributed by atoms with Crippen molar-refractivity contribution in [3.63, 3.8) is 0 Å². The third kappa shape index (κ3) is 2.13. The lowest BCUT2D eigenvalue weighted by Gasteiger charge is -2.56. The van der Waals surface area contributed by atoms with Crippen LogP contribution >= 0.6 is 0 Å². The van der Waals surface area contributed by atoms with Crippen LogP contribution in [0.3, 0.4) is 0 Å². The largest absolute Gasteiger partial charge is 0.445 e. The molecule has 0 spiro atoms. The second-order valence-electron chi connectivity index (χ2n) is 8.94. The van der Waals surface area contributed by atoms with Gasteiger partial charge in [-0.05, 0) is 81.0 Å². The number of rotatable bonds is 1. The van der Waals surface area contributed by atoms with Crippen LogP contribution in [0.25, 0.3) is 0 Å². The molecule has 0 heterocycles. The summed E-state index contributed by atoms with van der Waals surface area (Å²) >= 11 is 0. The van der Waals surface area contributed by atoms with E-state index in [1.54, 1.807) is 0 Å². The van der Waals surface area contributed by atoms with E-state index in [-0.39, 0.29) is 11.4 Å². The summed E-state index contributed by atoms with van der Waals surface area (Å²) in [7, 11) is 0. The third-order valence-corrected chi connectivity index (χ3v) is 8.20. The lowest BCUT2D eigenvalue weighted by molar-refractivity contribution is -0.169. The SMILES string of the molecule is C#C[C@]1(OC(C)=O)CC[C@H]2[C@@H]3CCC4CC=CC[C@@H]4[C@H]3CC[C@@]21C. The molecule has 0 bridgehead atoms. The normalized spacial score (nSPS) is 49.5. The molecule has 2 nitrogen and oxygen atoms in total. The van der Waals surface area contributed by atoms with Crippen LogP contribution in [0.4, 0.5) is 0 Å². The molecule has 2 heteroatoms. The molecule has 4 aliphatic carbocycles. The lowest BCUT2D eigenvalue weighted by atomic mass is 9.49. The van der Waals surface area contributed by atoms with Gasteiger partial charge in [0.25, 0.3) is 0 Å². The highest BCUT2D eigenvalue weighted by molar-refractivity contribution is 5.67. The van der Waals surface area contributed by atoms with Gasteiger partial charge in [0.15, 0.2) is 5.60 Å². The van der Waals surface area contributed by atoms with Crippen molar-refractivity contribution in [3.8, 4) is 12.3 Å². The van der Waals surface area contributed by atoms with E-state index in [2.05, 4.69) is 25.0 Å². The molecule has 0 aliphatic heterocycles. The summed E-state index contributed by atoms with van der Waals surface area (Å²) in [4.78, 5) is 11.7. The van der Waals surface area contributed by atoms with Gasteiger partial charge in [-0.25, -0.2) is 0 Å². The Labute approximate surface area is 146 Å². The van der Waals surface area contributed by atoms with Gasteiger partial charge in [-0.15, -0.1) is 6.42 Å². The van der Waals surface area contributed by atoms with Gasteiger partial charge in [0.1, 0.15) is 0 Å². The average Bonchev–Trinajstić information content (AvgIpc) is 2.87. The number of esters is 1. The zero-order chi connectivity index (χ0) is 16.9. The number of carbonyl (C=O) groups is 1. The Balaban J connectivity index is 1.63. The van der Waals surface area contributed by atoms with Gasteiger partial charge in [0.2, 0.25) is 0 Å². The van der Waals surface area contributed by atoms with Crippen molar-refractivity contribution in [2.75, 3.05) is 0 Å². The molecule has 0 aromatic rings. The second-order valence-corrected chi connectivity index (χ2v) is 8.94. The Morgan fingerprint density at radius 2 is 1.88 bits per heavy atom. The van der Waals surface area contributed by atoms with Crippen molar-refractivity contribution in [1.82, 2.24) is 0 Å². The number of ether oxygens (including phenoxy) is 1. The molecule has 0 amide bonds. The van der Waals surface area contributed by atoms with Gasteiger partial charge >= 0.3 is 5.97 Å². The fourth-order valence-electron chi connectivity index (χ4n) is 7.10. The number of carbonyl (C=O) groups excluding carboxylic acids is 1. The Morgan fingerprint density at radius 3 is 2.62 bits per heavy atom. The quantitative estimate of drug-likeness (QED) is 0.395. The summed E-state index contributed by atoms with van der Waals surface area (Å²) in [5.41, 5.74) is -0.705. The zero-order valence-electron chi connectivity index (χ0n) is 15.1. The molecule has 1 unspecified atom stereocenters. The van der Waals surface area contributed by atoms with Crippen LogP contribution in [-0.2, 0) is 9.53 Å². The standard InChI is InChI=1S/C22H30O2/c1-4-22(24-15(2)23)14-12-20-19-10-9-16-7-5-6-8-17(16)18(19)11-13-21(20,22)3/h1,5-6,16-20H,7-14H2,2-3H3/t16?,17-,18+,19+,20-,21-,22-/m0/s1. The minimum absolute atomic E-state index is 0.0358. The molecular weight excluding hydrogens is 296 g/mol. The zero-order valence-corrected chi connectivity index (χ0v) is 15.1. The van der Waals surface area contributed by atoms with Crippen LogP contribution in [0.5, 0.6) is 0 Å². The summed E-state index contributed by atoms with van der Waals surface area (Å²) in [5, 5.41) is 0. The molecule has 7 atom stereocenters. The van der Waals surface area contributed by atoms with Gasteiger partial charge in [-0.3, -0.25) is 4.79 Å². The maximum atomic E-state index is 11.7. The lowest BCUT2D eigenvalue weighted by Crippen LogP contribution is -2.54. The smallest absolute Gasteiger partial charge is 0.304 e. The molecular formula is C22H30O2. The van der Waals surface area contributed by atoms with E-state index in [1.165, 1.54) is 39.0 Å². The van der Waals surface area contributed by atoms with Gasteiger partial charge in [-0.1, -0.05) is 25.0 Å². The maximum absolute atomic E-state index is 11.7. The molecule has 4 rings (SSSR count).